The lowest BCUT2D eigenvalue weighted by Gasteiger charge is -2.22. The van der Waals surface area contributed by atoms with Crippen molar-refractivity contribution in [3.63, 3.8) is 0 Å². The Kier molecular flexibility index (Phi) is 3.84. The molecule has 0 radical (unpaired) electrons. The molecule has 0 saturated carbocycles. The third-order valence-corrected chi connectivity index (χ3v) is 3.50. The first-order chi connectivity index (χ1) is 9.06. The van der Waals surface area contributed by atoms with Crippen LogP contribution >= 0.6 is 0 Å². The summed E-state index contributed by atoms with van der Waals surface area (Å²) >= 11 is 0. The van der Waals surface area contributed by atoms with E-state index in [1.54, 1.807) is 0 Å². The van der Waals surface area contributed by atoms with Crippen LogP contribution in [0.4, 0.5) is 11.5 Å². The molecule has 0 amide bonds. The lowest BCUT2D eigenvalue weighted by atomic mass is 10.1. The van der Waals surface area contributed by atoms with Gasteiger partial charge < -0.3 is 15.4 Å². The normalized spacial score (nSPS) is 22.6. The molecule has 7 heteroatoms. The smallest absolute Gasteiger partial charge is 0.311 e. The molecule has 19 heavy (non-hydrogen) atoms. The van der Waals surface area contributed by atoms with E-state index in [-0.39, 0.29) is 11.7 Å². The maximum atomic E-state index is 11.1. The van der Waals surface area contributed by atoms with Crippen LogP contribution in [0.15, 0.2) is 12.1 Å². The zero-order chi connectivity index (χ0) is 14.0. The van der Waals surface area contributed by atoms with Gasteiger partial charge in [-0.05, 0) is 25.8 Å². The van der Waals surface area contributed by atoms with E-state index in [0.717, 1.165) is 6.42 Å². The molecule has 0 bridgehead atoms. The zero-order valence-corrected chi connectivity index (χ0v) is 11.1. The first-order valence-electron chi connectivity index (χ1n) is 6.23. The van der Waals surface area contributed by atoms with E-state index >= 15 is 0 Å². The van der Waals surface area contributed by atoms with Gasteiger partial charge in [-0.15, -0.1) is 0 Å². The van der Waals surface area contributed by atoms with E-state index < -0.39 is 4.92 Å². The van der Waals surface area contributed by atoms with Gasteiger partial charge in [0.05, 0.1) is 12.0 Å². The lowest BCUT2D eigenvalue weighted by Crippen LogP contribution is -2.29. The first-order valence-corrected chi connectivity index (χ1v) is 6.23. The van der Waals surface area contributed by atoms with Crippen LogP contribution in [0.5, 0.6) is 5.88 Å². The summed E-state index contributed by atoms with van der Waals surface area (Å²) in [7, 11) is 1.49. The summed E-state index contributed by atoms with van der Waals surface area (Å²) in [5.74, 6) is 1.10. The minimum absolute atomic E-state index is 0.00493. The van der Waals surface area contributed by atoms with Gasteiger partial charge in [-0.1, -0.05) is 0 Å². The van der Waals surface area contributed by atoms with Crippen LogP contribution in [-0.2, 0) is 0 Å². The van der Waals surface area contributed by atoms with Crippen molar-refractivity contribution in [2.45, 2.75) is 19.4 Å². The van der Waals surface area contributed by atoms with Gasteiger partial charge in [0.1, 0.15) is 0 Å². The van der Waals surface area contributed by atoms with E-state index in [1.807, 2.05) is 11.8 Å². The summed E-state index contributed by atoms with van der Waals surface area (Å²) in [4.78, 5) is 16.9. The van der Waals surface area contributed by atoms with Crippen LogP contribution < -0.4 is 15.4 Å². The summed E-state index contributed by atoms with van der Waals surface area (Å²) in [6.07, 6.45) is 0.923. The number of methoxy groups -OCH3 is 1. The zero-order valence-electron chi connectivity index (χ0n) is 11.1. The molecule has 0 aromatic carbocycles. The van der Waals surface area contributed by atoms with E-state index in [9.17, 15) is 10.1 Å². The lowest BCUT2D eigenvalue weighted by molar-refractivity contribution is -0.384. The van der Waals surface area contributed by atoms with Crippen molar-refractivity contribution in [2.75, 3.05) is 25.1 Å². The van der Waals surface area contributed by atoms with Gasteiger partial charge in [0, 0.05) is 24.7 Å². The minimum Gasteiger partial charge on any atom is -0.481 e. The second-order valence-electron chi connectivity index (χ2n) is 4.79. The molecule has 2 N–H and O–H groups in total. The molecule has 1 fully saturated rings. The van der Waals surface area contributed by atoms with Gasteiger partial charge in [0.15, 0.2) is 0 Å². The van der Waals surface area contributed by atoms with E-state index in [0.29, 0.717) is 30.7 Å². The van der Waals surface area contributed by atoms with Crippen molar-refractivity contribution >= 4 is 11.5 Å². The minimum atomic E-state index is -0.412. The fourth-order valence-electron chi connectivity index (χ4n) is 2.50. The van der Waals surface area contributed by atoms with Crippen LogP contribution in [-0.4, -0.2) is 36.1 Å². The van der Waals surface area contributed by atoms with Crippen molar-refractivity contribution in [2.24, 2.45) is 11.7 Å². The van der Waals surface area contributed by atoms with Gasteiger partial charge in [-0.3, -0.25) is 10.1 Å². The van der Waals surface area contributed by atoms with Crippen LogP contribution in [0, 0.1) is 16.0 Å². The third-order valence-electron chi connectivity index (χ3n) is 3.50. The molecule has 1 aromatic rings. The average molecular weight is 266 g/mol. The molecule has 2 heterocycles. The van der Waals surface area contributed by atoms with Crippen molar-refractivity contribution in [3.05, 3.63) is 22.2 Å². The van der Waals surface area contributed by atoms with Crippen LogP contribution in [0.1, 0.15) is 13.3 Å². The number of pyridine rings is 1. The van der Waals surface area contributed by atoms with Crippen molar-refractivity contribution in [1.82, 2.24) is 4.98 Å². The average Bonchev–Trinajstić information content (AvgIpc) is 2.79. The third kappa shape index (κ3) is 2.60. The van der Waals surface area contributed by atoms with E-state index in [1.165, 1.54) is 19.2 Å². The Bertz CT molecular complexity index is 480. The van der Waals surface area contributed by atoms with Crippen LogP contribution in [0.2, 0.25) is 0 Å². The molecular formula is C12H18N4O3. The topological polar surface area (TPSA) is 94.5 Å². The highest BCUT2D eigenvalue weighted by Gasteiger charge is 2.33. The Morgan fingerprint density at radius 1 is 1.63 bits per heavy atom. The fraction of sp³-hybridized carbons (Fsp3) is 0.583. The van der Waals surface area contributed by atoms with Crippen molar-refractivity contribution in [3.8, 4) is 5.88 Å². The van der Waals surface area contributed by atoms with Gasteiger partial charge in [-0.2, -0.15) is 4.98 Å². The summed E-state index contributed by atoms with van der Waals surface area (Å²) < 4.78 is 5.05. The SMILES string of the molecule is COc1ccc([N+](=O)[O-])c(N2CC(CN)CC2C)n1. The van der Waals surface area contributed by atoms with Crippen molar-refractivity contribution in [1.29, 1.82) is 0 Å². The Balaban J connectivity index is 2.39. The number of nitrogens with zero attached hydrogens (tertiary/aromatic N) is 3. The molecule has 1 saturated heterocycles. The molecular weight excluding hydrogens is 248 g/mol. The van der Waals surface area contributed by atoms with Crippen molar-refractivity contribution < 1.29 is 9.66 Å². The molecule has 1 aliphatic rings. The first kappa shape index (κ1) is 13.5. The largest absolute Gasteiger partial charge is 0.481 e. The summed E-state index contributed by atoms with van der Waals surface area (Å²) in [6, 6.07) is 3.12. The second kappa shape index (κ2) is 5.40. The van der Waals surface area contributed by atoms with Gasteiger partial charge >= 0.3 is 5.69 Å². The number of ether oxygens (including phenoxy) is 1. The molecule has 1 aromatic heterocycles. The van der Waals surface area contributed by atoms with Gasteiger partial charge in [0.25, 0.3) is 0 Å². The van der Waals surface area contributed by atoms with Gasteiger partial charge in [0.2, 0.25) is 11.7 Å². The summed E-state index contributed by atoms with van der Waals surface area (Å²) in [6.45, 7) is 3.30. The Morgan fingerprint density at radius 3 is 2.89 bits per heavy atom. The number of hydrogen-bond acceptors (Lipinski definition) is 6. The molecule has 2 unspecified atom stereocenters. The van der Waals surface area contributed by atoms with Crippen LogP contribution in [0.25, 0.3) is 0 Å². The number of rotatable bonds is 4. The van der Waals surface area contributed by atoms with E-state index in [4.69, 9.17) is 10.5 Å². The molecule has 2 atom stereocenters. The number of nitrogens with two attached hydrogens (primary N) is 1. The number of anilines is 1. The predicted octanol–water partition coefficient (Wildman–Crippen LogP) is 1.17. The number of aromatic nitrogens is 1. The Labute approximate surface area is 111 Å². The Hall–Kier alpha value is -1.89. The summed E-state index contributed by atoms with van der Waals surface area (Å²) in [5, 5.41) is 11.1. The number of nitro groups is 1. The molecule has 1 aliphatic heterocycles. The Morgan fingerprint density at radius 2 is 2.37 bits per heavy atom. The standard InChI is InChI=1S/C12H18N4O3/c1-8-5-9(6-13)7-15(8)12-10(16(17)18)3-4-11(14-12)19-2/h3-4,8-9H,5-7,13H2,1-2H3. The van der Waals surface area contributed by atoms with Crippen LogP contribution in [0.3, 0.4) is 0 Å². The summed E-state index contributed by atoms with van der Waals surface area (Å²) in [5.41, 5.74) is 5.69. The molecule has 104 valence electrons. The quantitative estimate of drug-likeness (QED) is 0.649. The monoisotopic (exact) mass is 266 g/mol. The van der Waals surface area contributed by atoms with Gasteiger partial charge in [-0.25, -0.2) is 0 Å². The highest BCUT2D eigenvalue weighted by molar-refractivity contribution is 5.60. The maximum Gasteiger partial charge on any atom is 0.311 e. The predicted molar refractivity (Wildman–Crippen MR) is 71.4 cm³/mol. The van der Waals surface area contributed by atoms with E-state index in [2.05, 4.69) is 4.98 Å². The molecule has 7 nitrogen and oxygen atoms in total. The number of hydrogen-bond donors (Lipinski definition) is 1. The highest BCUT2D eigenvalue weighted by Crippen LogP contribution is 2.34. The fourth-order valence-corrected chi connectivity index (χ4v) is 2.50. The molecule has 0 spiro atoms. The molecule has 2 rings (SSSR count). The highest BCUT2D eigenvalue weighted by atomic mass is 16.6. The maximum absolute atomic E-state index is 11.1. The molecule has 0 aliphatic carbocycles. The second-order valence-corrected chi connectivity index (χ2v) is 4.79.